The summed E-state index contributed by atoms with van der Waals surface area (Å²) in [6.45, 7) is 3.96. The van der Waals surface area contributed by atoms with Gasteiger partial charge < -0.3 is 0 Å². The fourth-order valence-corrected chi connectivity index (χ4v) is 2.16. The SMILES string of the molecule is Cc1cc(I)cc(C2=NNC(C)N=N2)c1. The second-order valence-corrected chi connectivity index (χ2v) is 4.72. The first-order valence-electron chi connectivity index (χ1n) is 4.67. The van der Waals surface area contributed by atoms with Gasteiger partial charge in [0.25, 0.3) is 0 Å². The van der Waals surface area contributed by atoms with Gasteiger partial charge in [-0.25, -0.2) is 0 Å². The Kier molecular flexibility index (Phi) is 2.99. The van der Waals surface area contributed by atoms with Gasteiger partial charge in [0.15, 0.2) is 6.17 Å². The van der Waals surface area contributed by atoms with Crippen molar-refractivity contribution in [3.63, 3.8) is 0 Å². The Morgan fingerprint density at radius 1 is 1.33 bits per heavy atom. The molecule has 1 aromatic rings. The fraction of sp³-hybridized carbons (Fsp3) is 0.300. The monoisotopic (exact) mass is 314 g/mol. The standard InChI is InChI=1S/C10H11IN4/c1-6-3-8(5-9(11)4-6)10-14-12-7(2)13-15-10/h3-5,7,12H,1-2H3. The van der Waals surface area contributed by atoms with Gasteiger partial charge in [0, 0.05) is 9.13 Å². The molecule has 1 aromatic carbocycles. The summed E-state index contributed by atoms with van der Waals surface area (Å²) >= 11 is 2.28. The highest BCUT2D eigenvalue weighted by atomic mass is 127. The van der Waals surface area contributed by atoms with Crippen molar-refractivity contribution in [2.75, 3.05) is 0 Å². The predicted molar refractivity (Wildman–Crippen MR) is 67.9 cm³/mol. The first-order valence-corrected chi connectivity index (χ1v) is 5.74. The molecule has 1 atom stereocenters. The highest BCUT2D eigenvalue weighted by molar-refractivity contribution is 14.1. The molecule has 0 spiro atoms. The van der Waals surface area contributed by atoms with E-state index in [-0.39, 0.29) is 6.17 Å². The van der Waals surface area contributed by atoms with E-state index < -0.39 is 0 Å². The predicted octanol–water partition coefficient (Wildman–Crippen LogP) is 2.66. The lowest BCUT2D eigenvalue weighted by Gasteiger charge is -2.11. The van der Waals surface area contributed by atoms with Crippen molar-refractivity contribution in [2.45, 2.75) is 20.0 Å². The summed E-state index contributed by atoms with van der Waals surface area (Å²) in [6.07, 6.45) is -0.0300. The molecule has 0 aromatic heterocycles. The Morgan fingerprint density at radius 3 is 2.73 bits per heavy atom. The normalized spacial score (nSPS) is 19.7. The number of nitrogens with one attached hydrogen (secondary N) is 1. The van der Waals surface area contributed by atoms with E-state index >= 15 is 0 Å². The largest absolute Gasteiger partial charge is 0.282 e. The molecule has 1 unspecified atom stereocenters. The summed E-state index contributed by atoms with van der Waals surface area (Å²) in [5.74, 6) is 0.648. The summed E-state index contributed by atoms with van der Waals surface area (Å²) in [5, 5.41) is 12.3. The lowest BCUT2D eigenvalue weighted by atomic mass is 10.1. The number of azo groups is 1. The van der Waals surface area contributed by atoms with Gasteiger partial charge in [-0.3, -0.25) is 5.43 Å². The van der Waals surface area contributed by atoms with Crippen molar-refractivity contribution < 1.29 is 0 Å². The number of halogens is 1. The van der Waals surface area contributed by atoms with Crippen LogP contribution in [0.5, 0.6) is 0 Å². The fourth-order valence-electron chi connectivity index (χ4n) is 1.33. The van der Waals surface area contributed by atoms with Crippen LogP contribution >= 0.6 is 22.6 Å². The lowest BCUT2D eigenvalue weighted by Crippen LogP contribution is -2.23. The number of aryl methyl sites for hydroxylation is 1. The summed E-state index contributed by atoms with van der Waals surface area (Å²) in [7, 11) is 0. The number of hydrazone groups is 1. The van der Waals surface area contributed by atoms with Gasteiger partial charge in [-0.2, -0.15) is 10.2 Å². The average Bonchev–Trinajstić information content (AvgIpc) is 2.17. The van der Waals surface area contributed by atoms with Gasteiger partial charge in [-0.05, 0) is 60.2 Å². The Labute approximate surface area is 102 Å². The zero-order chi connectivity index (χ0) is 10.8. The van der Waals surface area contributed by atoms with Gasteiger partial charge in [-0.15, -0.1) is 5.11 Å². The third kappa shape index (κ3) is 2.53. The van der Waals surface area contributed by atoms with E-state index in [1.165, 1.54) is 9.13 Å². The summed E-state index contributed by atoms with van der Waals surface area (Å²) in [6, 6.07) is 6.21. The van der Waals surface area contributed by atoms with Gasteiger partial charge in [0.2, 0.25) is 5.84 Å². The van der Waals surface area contributed by atoms with E-state index in [4.69, 9.17) is 0 Å². The molecule has 5 heteroatoms. The van der Waals surface area contributed by atoms with Crippen molar-refractivity contribution >= 4 is 28.4 Å². The maximum atomic E-state index is 4.17. The number of rotatable bonds is 1. The minimum absolute atomic E-state index is 0.0300. The molecule has 0 saturated carbocycles. The van der Waals surface area contributed by atoms with Crippen LogP contribution in [0, 0.1) is 10.5 Å². The molecule has 0 fully saturated rings. The quantitative estimate of drug-likeness (QED) is 0.796. The highest BCUT2D eigenvalue weighted by Crippen LogP contribution is 2.14. The van der Waals surface area contributed by atoms with E-state index in [1.54, 1.807) is 0 Å². The van der Waals surface area contributed by atoms with Crippen LogP contribution in [0.1, 0.15) is 18.1 Å². The van der Waals surface area contributed by atoms with Gasteiger partial charge in [0.1, 0.15) is 0 Å². The number of hydrogen-bond acceptors (Lipinski definition) is 4. The Bertz CT molecular complexity index is 419. The van der Waals surface area contributed by atoms with Crippen LogP contribution in [0.4, 0.5) is 0 Å². The molecule has 1 heterocycles. The summed E-state index contributed by atoms with van der Waals surface area (Å²) in [5.41, 5.74) is 5.10. The Balaban J connectivity index is 2.34. The van der Waals surface area contributed by atoms with Crippen LogP contribution in [0.25, 0.3) is 0 Å². The molecule has 0 saturated heterocycles. The van der Waals surface area contributed by atoms with Crippen molar-refractivity contribution in [3.05, 3.63) is 32.9 Å². The van der Waals surface area contributed by atoms with E-state index in [2.05, 4.69) is 62.4 Å². The molecule has 1 N–H and O–H groups in total. The van der Waals surface area contributed by atoms with Crippen LogP contribution in [0.15, 0.2) is 33.5 Å². The van der Waals surface area contributed by atoms with Crippen molar-refractivity contribution in [3.8, 4) is 0 Å². The van der Waals surface area contributed by atoms with E-state index in [0.717, 1.165) is 5.56 Å². The zero-order valence-corrected chi connectivity index (χ0v) is 10.7. The molecular formula is C10H11IN4. The molecule has 0 aliphatic carbocycles. The molecular weight excluding hydrogens is 303 g/mol. The molecule has 2 rings (SSSR count). The van der Waals surface area contributed by atoms with Crippen molar-refractivity contribution in [2.24, 2.45) is 15.3 Å². The summed E-state index contributed by atoms with van der Waals surface area (Å²) in [4.78, 5) is 0. The first kappa shape index (κ1) is 10.5. The summed E-state index contributed by atoms with van der Waals surface area (Å²) < 4.78 is 1.18. The Morgan fingerprint density at radius 2 is 2.13 bits per heavy atom. The van der Waals surface area contributed by atoms with Gasteiger partial charge in [0.05, 0.1) is 0 Å². The second kappa shape index (κ2) is 4.26. The number of benzene rings is 1. The molecule has 4 nitrogen and oxygen atoms in total. The van der Waals surface area contributed by atoms with Gasteiger partial charge >= 0.3 is 0 Å². The number of nitrogens with zero attached hydrogens (tertiary/aromatic N) is 3. The maximum absolute atomic E-state index is 4.17. The molecule has 1 aliphatic rings. The topological polar surface area (TPSA) is 49.1 Å². The lowest BCUT2D eigenvalue weighted by molar-refractivity contribution is 0.558. The second-order valence-electron chi connectivity index (χ2n) is 3.47. The molecule has 15 heavy (non-hydrogen) atoms. The first-order chi connectivity index (χ1) is 7.15. The van der Waals surface area contributed by atoms with Crippen LogP contribution < -0.4 is 5.43 Å². The smallest absolute Gasteiger partial charge is 0.200 e. The molecule has 0 bridgehead atoms. The Hall–Kier alpha value is -0.980. The van der Waals surface area contributed by atoms with Crippen LogP contribution in [0.3, 0.4) is 0 Å². The number of amidine groups is 1. The molecule has 0 radical (unpaired) electrons. The van der Waals surface area contributed by atoms with Crippen molar-refractivity contribution in [1.82, 2.24) is 5.43 Å². The highest BCUT2D eigenvalue weighted by Gasteiger charge is 2.09. The number of hydrogen-bond donors (Lipinski definition) is 1. The molecule has 1 aliphatic heterocycles. The van der Waals surface area contributed by atoms with Crippen LogP contribution in [0.2, 0.25) is 0 Å². The third-order valence-corrected chi connectivity index (χ3v) is 2.61. The minimum Gasteiger partial charge on any atom is -0.282 e. The molecule has 0 amide bonds. The van der Waals surface area contributed by atoms with E-state index in [0.29, 0.717) is 5.84 Å². The van der Waals surface area contributed by atoms with E-state index in [1.807, 2.05) is 13.0 Å². The van der Waals surface area contributed by atoms with E-state index in [9.17, 15) is 0 Å². The molecule has 78 valence electrons. The average molecular weight is 314 g/mol. The zero-order valence-electron chi connectivity index (χ0n) is 8.53. The third-order valence-electron chi connectivity index (χ3n) is 1.98. The maximum Gasteiger partial charge on any atom is 0.200 e. The van der Waals surface area contributed by atoms with Crippen molar-refractivity contribution in [1.29, 1.82) is 0 Å². The minimum atomic E-state index is -0.0300. The van der Waals surface area contributed by atoms with Gasteiger partial charge in [-0.1, -0.05) is 0 Å². The van der Waals surface area contributed by atoms with Crippen LogP contribution in [-0.4, -0.2) is 12.0 Å². The van der Waals surface area contributed by atoms with Crippen LogP contribution in [-0.2, 0) is 0 Å².